The van der Waals surface area contributed by atoms with Crippen molar-refractivity contribution in [2.75, 3.05) is 40.0 Å². The summed E-state index contributed by atoms with van der Waals surface area (Å²) in [5.41, 5.74) is -0.390. The van der Waals surface area contributed by atoms with Crippen molar-refractivity contribution in [3.05, 3.63) is 0 Å². The maximum atomic E-state index is 12.1. The third-order valence-corrected chi connectivity index (χ3v) is 3.12. The molecule has 17 heavy (non-hydrogen) atoms. The first-order chi connectivity index (χ1) is 7.87. The molecule has 0 aliphatic carbocycles. The summed E-state index contributed by atoms with van der Waals surface area (Å²) in [5, 5.41) is 9.39. The summed E-state index contributed by atoms with van der Waals surface area (Å²) < 4.78 is 41.5. The van der Waals surface area contributed by atoms with Gasteiger partial charge in [0.25, 0.3) is 0 Å². The van der Waals surface area contributed by atoms with Gasteiger partial charge >= 0.3 is 6.18 Å². The largest absolute Gasteiger partial charge is 0.396 e. The van der Waals surface area contributed by atoms with Crippen LogP contribution in [0.3, 0.4) is 0 Å². The molecular formula is C11H20F3NO2. The highest BCUT2D eigenvalue weighted by Gasteiger charge is 2.34. The topological polar surface area (TPSA) is 32.7 Å². The second kappa shape index (κ2) is 6.02. The summed E-state index contributed by atoms with van der Waals surface area (Å²) in [4.78, 5) is 1.62. The molecule has 6 heteroatoms. The third kappa shape index (κ3) is 5.23. The predicted octanol–water partition coefficient (Wildman–Crippen LogP) is 1.66. The highest BCUT2D eigenvalue weighted by molar-refractivity contribution is 4.84. The van der Waals surface area contributed by atoms with Crippen LogP contribution < -0.4 is 0 Å². The molecule has 0 radical (unpaired) electrons. The number of ether oxygens (including phenoxy) is 1. The Kier molecular flexibility index (Phi) is 5.22. The first-order valence-corrected chi connectivity index (χ1v) is 5.81. The summed E-state index contributed by atoms with van der Waals surface area (Å²) in [6.07, 6.45) is -3.27. The summed E-state index contributed by atoms with van der Waals surface area (Å²) in [6.45, 7) is 1.47. The molecule has 0 amide bonds. The molecule has 0 aromatic heterocycles. The Morgan fingerprint density at radius 1 is 1.41 bits per heavy atom. The molecule has 1 saturated heterocycles. The Balaban J connectivity index is 2.39. The standard InChI is InChI=1S/C11H20F3NO2/c1-15(5-4-11(12,13)14)7-10(8-16)3-2-6-17-9-10/h16H,2-9H2,1H3. The van der Waals surface area contributed by atoms with Crippen LogP contribution >= 0.6 is 0 Å². The minimum Gasteiger partial charge on any atom is -0.396 e. The highest BCUT2D eigenvalue weighted by atomic mass is 19.4. The molecule has 1 rings (SSSR count). The lowest BCUT2D eigenvalue weighted by molar-refractivity contribution is -0.139. The zero-order chi connectivity index (χ0) is 12.9. The monoisotopic (exact) mass is 255 g/mol. The quantitative estimate of drug-likeness (QED) is 0.811. The maximum absolute atomic E-state index is 12.1. The number of aliphatic hydroxyl groups excluding tert-OH is 1. The molecule has 1 N–H and O–H groups in total. The van der Waals surface area contributed by atoms with E-state index in [-0.39, 0.29) is 13.2 Å². The first kappa shape index (κ1) is 14.7. The second-order valence-electron chi connectivity index (χ2n) is 4.92. The van der Waals surface area contributed by atoms with E-state index >= 15 is 0 Å². The molecule has 1 unspecified atom stereocenters. The van der Waals surface area contributed by atoms with E-state index in [2.05, 4.69) is 0 Å². The number of hydrogen-bond donors (Lipinski definition) is 1. The van der Waals surface area contributed by atoms with Crippen LogP contribution in [0.25, 0.3) is 0 Å². The Bertz CT molecular complexity index is 227. The minimum absolute atomic E-state index is 0.0365. The Labute approximate surface area is 99.5 Å². The highest BCUT2D eigenvalue weighted by Crippen LogP contribution is 2.29. The van der Waals surface area contributed by atoms with E-state index in [1.165, 1.54) is 0 Å². The fourth-order valence-electron chi connectivity index (χ4n) is 2.18. The van der Waals surface area contributed by atoms with Crippen LogP contribution in [-0.4, -0.2) is 56.1 Å². The molecule has 0 aromatic rings. The van der Waals surface area contributed by atoms with Crippen molar-refractivity contribution in [1.82, 2.24) is 4.90 Å². The van der Waals surface area contributed by atoms with Gasteiger partial charge in [0.15, 0.2) is 0 Å². The second-order valence-corrected chi connectivity index (χ2v) is 4.92. The summed E-state index contributed by atoms with van der Waals surface area (Å²) in [5.74, 6) is 0. The van der Waals surface area contributed by atoms with E-state index in [4.69, 9.17) is 4.74 Å². The van der Waals surface area contributed by atoms with Crippen molar-refractivity contribution in [2.24, 2.45) is 5.41 Å². The SMILES string of the molecule is CN(CCC(F)(F)F)CC1(CO)CCCOC1. The first-order valence-electron chi connectivity index (χ1n) is 5.81. The molecule has 1 aliphatic rings. The van der Waals surface area contributed by atoms with Gasteiger partial charge in [-0.3, -0.25) is 0 Å². The van der Waals surface area contributed by atoms with E-state index < -0.39 is 18.0 Å². The number of alkyl halides is 3. The van der Waals surface area contributed by atoms with Crippen LogP contribution in [0.15, 0.2) is 0 Å². The fourth-order valence-corrected chi connectivity index (χ4v) is 2.18. The van der Waals surface area contributed by atoms with Crippen LogP contribution in [-0.2, 0) is 4.74 Å². The van der Waals surface area contributed by atoms with E-state index in [1.54, 1.807) is 11.9 Å². The van der Waals surface area contributed by atoms with Gasteiger partial charge in [0.2, 0.25) is 0 Å². The summed E-state index contributed by atoms with van der Waals surface area (Å²) in [7, 11) is 1.65. The van der Waals surface area contributed by atoms with Gasteiger partial charge in [-0.25, -0.2) is 0 Å². The van der Waals surface area contributed by atoms with Gasteiger partial charge in [-0.1, -0.05) is 0 Å². The number of halogens is 3. The molecular weight excluding hydrogens is 235 g/mol. The van der Waals surface area contributed by atoms with Crippen molar-refractivity contribution in [2.45, 2.75) is 25.4 Å². The van der Waals surface area contributed by atoms with Gasteiger partial charge in [-0.2, -0.15) is 13.2 Å². The van der Waals surface area contributed by atoms with E-state index in [1.807, 2.05) is 0 Å². The minimum atomic E-state index is -4.12. The molecule has 0 spiro atoms. The number of nitrogens with zero attached hydrogens (tertiary/aromatic N) is 1. The molecule has 0 aromatic carbocycles. The van der Waals surface area contributed by atoms with Gasteiger partial charge < -0.3 is 14.7 Å². The van der Waals surface area contributed by atoms with Crippen molar-refractivity contribution in [3.63, 3.8) is 0 Å². The molecule has 1 aliphatic heterocycles. The lowest BCUT2D eigenvalue weighted by Gasteiger charge is -2.38. The average molecular weight is 255 g/mol. The van der Waals surface area contributed by atoms with Gasteiger partial charge in [-0.15, -0.1) is 0 Å². The molecule has 102 valence electrons. The number of rotatable bonds is 5. The Morgan fingerprint density at radius 3 is 2.59 bits per heavy atom. The lowest BCUT2D eigenvalue weighted by atomic mass is 9.83. The molecule has 1 fully saturated rings. The molecule has 1 atom stereocenters. The van der Waals surface area contributed by atoms with E-state index in [9.17, 15) is 18.3 Å². The van der Waals surface area contributed by atoms with Crippen molar-refractivity contribution in [1.29, 1.82) is 0 Å². The van der Waals surface area contributed by atoms with Crippen LogP contribution in [0.4, 0.5) is 13.2 Å². The van der Waals surface area contributed by atoms with Gasteiger partial charge in [0, 0.05) is 25.1 Å². The van der Waals surface area contributed by atoms with Crippen LogP contribution in [0.2, 0.25) is 0 Å². The summed E-state index contributed by atoms with van der Waals surface area (Å²) in [6, 6.07) is 0. The molecule has 0 bridgehead atoms. The zero-order valence-corrected chi connectivity index (χ0v) is 10.1. The molecule has 0 saturated carbocycles. The predicted molar refractivity (Wildman–Crippen MR) is 57.7 cm³/mol. The summed E-state index contributed by atoms with van der Waals surface area (Å²) >= 11 is 0. The van der Waals surface area contributed by atoms with Gasteiger partial charge in [0.05, 0.1) is 19.6 Å². The van der Waals surface area contributed by atoms with Crippen molar-refractivity contribution in [3.8, 4) is 0 Å². The average Bonchev–Trinajstić information content (AvgIpc) is 2.27. The fraction of sp³-hybridized carbons (Fsp3) is 1.00. The van der Waals surface area contributed by atoms with Crippen LogP contribution in [0.1, 0.15) is 19.3 Å². The van der Waals surface area contributed by atoms with E-state index in [0.29, 0.717) is 19.8 Å². The normalized spacial score (nSPS) is 26.5. The zero-order valence-electron chi connectivity index (χ0n) is 10.1. The third-order valence-electron chi connectivity index (χ3n) is 3.12. The van der Waals surface area contributed by atoms with Crippen LogP contribution in [0, 0.1) is 5.41 Å². The molecule has 3 nitrogen and oxygen atoms in total. The Hall–Kier alpha value is -0.330. The van der Waals surface area contributed by atoms with Gasteiger partial charge in [0.1, 0.15) is 0 Å². The van der Waals surface area contributed by atoms with Gasteiger partial charge in [-0.05, 0) is 19.9 Å². The number of hydrogen-bond acceptors (Lipinski definition) is 3. The maximum Gasteiger partial charge on any atom is 0.390 e. The smallest absolute Gasteiger partial charge is 0.390 e. The van der Waals surface area contributed by atoms with E-state index in [0.717, 1.165) is 12.8 Å². The molecule has 1 heterocycles. The lowest BCUT2D eigenvalue weighted by Crippen LogP contribution is -2.45. The van der Waals surface area contributed by atoms with Crippen molar-refractivity contribution < 1.29 is 23.0 Å². The van der Waals surface area contributed by atoms with Crippen molar-refractivity contribution >= 4 is 0 Å². The van der Waals surface area contributed by atoms with Crippen LogP contribution in [0.5, 0.6) is 0 Å². The Morgan fingerprint density at radius 2 is 2.12 bits per heavy atom. The number of aliphatic hydroxyl groups is 1.